The molecule has 0 bridgehead atoms. The van der Waals surface area contributed by atoms with Crippen LogP contribution in [-0.2, 0) is 4.79 Å². The van der Waals surface area contributed by atoms with Gasteiger partial charge in [-0.05, 0) is 6.92 Å². The molecule has 2 unspecified atom stereocenters. The van der Waals surface area contributed by atoms with Crippen LogP contribution in [0.4, 0.5) is 4.39 Å². The predicted molar refractivity (Wildman–Crippen MR) is 47.5 cm³/mol. The van der Waals surface area contributed by atoms with Crippen molar-refractivity contribution < 1.29 is 18.9 Å². The largest absolute Gasteiger partial charge is 0.414 e. The van der Waals surface area contributed by atoms with Gasteiger partial charge in [0.05, 0.1) is 0 Å². The summed E-state index contributed by atoms with van der Waals surface area (Å²) in [6, 6.07) is -0.564. The minimum absolute atomic E-state index is 0.259. The number of nitrogens with two attached hydrogens (primary N) is 1. The fourth-order valence-electron chi connectivity index (χ4n) is 0.773. The zero-order chi connectivity index (χ0) is 10.4. The van der Waals surface area contributed by atoms with Gasteiger partial charge < -0.3 is 10.8 Å². The molecule has 0 saturated carbocycles. The SMILES string of the molecule is C=[N+](CCC(N)CF)C(=O)C(C)O. The lowest BCUT2D eigenvalue weighted by molar-refractivity contribution is -0.447. The number of nitrogens with zero attached hydrogens (tertiary/aromatic N) is 1. The Kier molecular flexibility index (Phi) is 5.41. The fourth-order valence-corrected chi connectivity index (χ4v) is 0.773. The van der Waals surface area contributed by atoms with E-state index in [1.54, 1.807) is 0 Å². The van der Waals surface area contributed by atoms with E-state index in [1.165, 1.54) is 6.92 Å². The zero-order valence-corrected chi connectivity index (χ0v) is 7.74. The minimum atomic E-state index is -1.07. The molecule has 0 spiro atoms. The number of halogens is 1. The van der Waals surface area contributed by atoms with Gasteiger partial charge in [-0.1, -0.05) is 0 Å². The molecule has 0 aliphatic rings. The van der Waals surface area contributed by atoms with E-state index < -0.39 is 24.7 Å². The first kappa shape index (κ1) is 12.2. The number of aliphatic hydroxyl groups excluding tert-OH is 1. The Bertz CT molecular complexity index is 195. The van der Waals surface area contributed by atoms with Crippen LogP contribution in [-0.4, -0.2) is 47.7 Å². The highest BCUT2D eigenvalue weighted by Gasteiger charge is 2.21. The second-order valence-corrected chi connectivity index (χ2v) is 2.98. The van der Waals surface area contributed by atoms with E-state index in [0.29, 0.717) is 6.42 Å². The van der Waals surface area contributed by atoms with Crippen LogP contribution in [0.25, 0.3) is 0 Å². The van der Waals surface area contributed by atoms with Gasteiger partial charge in [0.15, 0.2) is 12.6 Å². The number of rotatable bonds is 5. The Morgan fingerprint density at radius 1 is 1.77 bits per heavy atom. The molecule has 0 aliphatic carbocycles. The maximum Gasteiger partial charge on any atom is 0.414 e. The molecule has 1 amide bonds. The Hall–Kier alpha value is -0.810. The third-order valence-corrected chi connectivity index (χ3v) is 1.64. The van der Waals surface area contributed by atoms with E-state index in [0.717, 1.165) is 4.58 Å². The standard InChI is InChI=1S/C8H16FN2O2/c1-6(12)8(13)11(2)4-3-7(10)5-9/h6-7,12H,2-5,10H2,1H3/q+1. The average molecular weight is 191 g/mol. The molecule has 0 saturated heterocycles. The van der Waals surface area contributed by atoms with E-state index >= 15 is 0 Å². The molecular formula is C8H16FN2O2+. The van der Waals surface area contributed by atoms with Crippen LogP contribution in [0, 0.1) is 0 Å². The maximum absolute atomic E-state index is 11.9. The molecule has 0 fully saturated rings. The second-order valence-electron chi connectivity index (χ2n) is 2.98. The molecular weight excluding hydrogens is 175 g/mol. The quantitative estimate of drug-likeness (QED) is 0.446. The summed E-state index contributed by atoms with van der Waals surface area (Å²) in [7, 11) is 0. The Labute approximate surface area is 76.9 Å². The van der Waals surface area contributed by atoms with Gasteiger partial charge in [0.25, 0.3) is 0 Å². The van der Waals surface area contributed by atoms with Crippen molar-refractivity contribution in [3.63, 3.8) is 0 Å². The highest BCUT2D eigenvalue weighted by Crippen LogP contribution is 1.92. The van der Waals surface area contributed by atoms with Gasteiger partial charge in [0, 0.05) is 12.5 Å². The van der Waals surface area contributed by atoms with Gasteiger partial charge in [-0.25, -0.2) is 9.18 Å². The van der Waals surface area contributed by atoms with Crippen LogP contribution in [0.3, 0.4) is 0 Å². The second kappa shape index (κ2) is 5.77. The smallest absolute Gasteiger partial charge is 0.379 e. The van der Waals surface area contributed by atoms with Crippen LogP contribution in [0.2, 0.25) is 0 Å². The van der Waals surface area contributed by atoms with Crippen LogP contribution in [0.15, 0.2) is 0 Å². The lowest BCUT2D eigenvalue weighted by Crippen LogP contribution is -2.33. The van der Waals surface area contributed by atoms with Gasteiger partial charge in [-0.3, -0.25) is 0 Å². The van der Waals surface area contributed by atoms with Crippen molar-refractivity contribution in [2.24, 2.45) is 5.73 Å². The number of hydrogen-bond donors (Lipinski definition) is 2. The third kappa shape index (κ3) is 4.69. The highest BCUT2D eigenvalue weighted by atomic mass is 19.1. The third-order valence-electron chi connectivity index (χ3n) is 1.64. The predicted octanol–water partition coefficient (Wildman–Crippen LogP) is -0.706. The summed E-state index contributed by atoms with van der Waals surface area (Å²) >= 11 is 0. The number of aliphatic hydroxyl groups is 1. The summed E-state index contributed by atoms with van der Waals surface area (Å²) in [6.45, 7) is 4.41. The summed E-state index contributed by atoms with van der Waals surface area (Å²) in [5.41, 5.74) is 5.29. The van der Waals surface area contributed by atoms with E-state index in [4.69, 9.17) is 10.8 Å². The van der Waals surface area contributed by atoms with E-state index in [1.807, 2.05) is 0 Å². The lowest BCUT2D eigenvalue weighted by Gasteiger charge is -2.05. The first-order valence-electron chi connectivity index (χ1n) is 4.10. The Balaban J connectivity index is 3.81. The summed E-state index contributed by atoms with van der Waals surface area (Å²) in [5, 5.41) is 8.88. The average Bonchev–Trinajstić information content (AvgIpc) is 2.11. The van der Waals surface area contributed by atoms with Gasteiger partial charge >= 0.3 is 5.91 Å². The van der Waals surface area contributed by atoms with Crippen molar-refractivity contribution >= 4 is 12.6 Å². The van der Waals surface area contributed by atoms with Crippen LogP contribution in [0.1, 0.15) is 13.3 Å². The van der Waals surface area contributed by atoms with Gasteiger partial charge in [-0.15, -0.1) is 0 Å². The molecule has 0 rings (SSSR count). The highest BCUT2D eigenvalue weighted by molar-refractivity contribution is 5.73. The first-order valence-corrected chi connectivity index (χ1v) is 4.10. The molecule has 5 heteroatoms. The molecule has 0 aromatic carbocycles. The van der Waals surface area contributed by atoms with E-state index in [-0.39, 0.29) is 6.54 Å². The molecule has 76 valence electrons. The molecule has 3 N–H and O–H groups in total. The van der Waals surface area contributed by atoms with Crippen LogP contribution >= 0.6 is 0 Å². The molecule has 13 heavy (non-hydrogen) atoms. The number of hydrogen-bond acceptors (Lipinski definition) is 3. The van der Waals surface area contributed by atoms with Gasteiger partial charge in [0.1, 0.15) is 13.4 Å². The number of alkyl halides is 1. The van der Waals surface area contributed by atoms with Crippen molar-refractivity contribution in [3.05, 3.63) is 0 Å². The Morgan fingerprint density at radius 2 is 2.31 bits per heavy atom. The van der Waals surface area contributed by atoms with Crippen molar-refractivity contribution in [3.8, 4) is 0 Å². The van der Waals surface area contributed by atoms with Crippen molar-refractivity contribution in [2.75, 3.05) is 13.2 Å². The summed E-state index contributed by atoms with van der Waals surface area (Å²) in [6.07, 6.45) is -0.725. The van der Waals surface area contributed by atoms with Gasteiger partial charge in [-0.2, -0.15) is 4.58 Å². The summed E-state index contributed by atoms with van der Waals surface area (Å²) in [5.74, 6) is -0.481. The normalized spacial score (nSPS) is 15.1. The van der Waals surface area contributed by atoms with Crippen molar-refractivity contribution in [2.45, 2.75) is 25.5 Å². The molecule has 0 aliphatic heterocycles. The number of carbonyl (C=O) groups excluding carboxylic acids is 1. The molecule has 0 heterocycles. The molecule has 0 radical (unpaired) electrons. The van der Waals surface area contributed by atoms with Crippen molar-refractivity contribution in [1.82, 2.24) is 0 Å². The summed E-state index contributed by atoms with van der Waals surface area (Å²) < 4.78 is 13.0. The van der Waals surface area contributed by atoms with Crippen LogP contribution < -0.4 is 5.73 Å². The summed E-state index contributed by atoms with van der Waals surface area (Å²) in [4.78, 5) is 11.0. The fraction of sp³-hybridized carbons (Fsp3) is 0.750. The zero-order valence-electron chi connectivity index (χ0n) is 7.74. The number of amides is 1. The topological polar surface area (TPSA) is 66.3 Å². The Morgan fingerprint density at radius 3 is 2.69 bits per heavy atom. The van der Waals surface area contributed by atoms with E-state index in [9.17, 15) is 9.18 Å². The van der Waals surface area contributed by atoms with Crippen LogP contribution in [0.5, 0.6) is 0 Å². The molecule has 2 atom stereocenters. The number of carbonyl (C=O) groups is 1. The molecule has 4 nitrogen and oxygen atoms in total. The molecule has 0 aromatic heterocycles. The maximum atomic E-state index is 11.9. The first-order chi connectivity index (χ1) is 5.99. The lowest BCUT2D eigenvalue weighted by atomic mass is 10.2. The van der Waals surface area contributed by atoms with Crippen molar-refractivity contribution in [1.29, 1.82) is 0 Å². The monoisotopic (exact) mass is 191 g/mol. The van der Waals surface area contributed by atoms with Gasteiger partial charge in [0.2, 0.25) is 0 Å². The molecule has 0 aromatic rings. The van der Waals surface area contributed by atoms with E-state index in [2.05, 4.69) is 6.72 Å². The minimum Gasteiger partial charge on any atom is -0.379 e.